The molecule has 1 nitrogen and oxygen atoms in total. The van der Waals surface area contributed by atoms with Crippen molar-refractivity contribution < 1.29 is 22.7 Å². The second-order valence-electron chi connectivity index (χ2n) is 3.76. The summed E-state index contributed by atoms with van der Waals surface area (Å²) in [6.07, 6.45) is -1.52. The number of unbranched alkanes of at least 4 members (excludes halogenated alkanes) is 5. The molecular formula is C10H18F4O. The highest BCUT2D eigenvalue weighted by Gasteiger charge is 2.54. The number of aliphatic hydroxyl groups is 1. The van der Waals surface area contributed by atoms with Gasteiger partial charge in [0.1, 0.15) is 0 Å². The zero-order valence-corrected chi connectivity index (χ0v) is 8.91. The molecule has 0 amide bonds. The zero-order valence-electron chi connectivity index (χ0n) is 8.91. The lowest BCUT2D eigenvalue weighted by atomic mass is 10.1. The van der Waals surface area contributed by atoms with Gasteiger partial charge in [-0.2, -0.15) is 17.6 Å². The summed E-state index contributed by atoms with van der Waals surface area (Å²) in [5.41, 5.74) is 0. The number of rotatable bonds is 8. The Morgan fingerprint density at radius 1 is 0.867 bits per heavy atom. The minimum absolute atomic E-state index is 0.0207. The minimum atomic E-state index is -4.89. The molecule has 0 rings (SSSR count). The van der Waals surface area contributed by atoms with E-state index in [9.17, 15) is 17.6 Å². The second kappa shape index (κ2) is 6.30. The quantitative estimate of drug-likeness (QED) is 0.494. The first kappa shape index (κ1) is 14.7. The molecular weight excluding hydrogens is 212 g/mol. The zero-order chi connectivity index (χ0) is 11.9. The van der Waals surface area contributed by atoms with E-state index in [-0.39, 0.29) is 6.42 Å². The van der Waals surface area contributed by atoms with Crippen LogP contribution in [0.15, 0.2) is 0 Å². The Kier molecular flexibility index (Phi) is 6.17. The van der Waals surface area contributed by atoms with E-state index in [0.29, 0.717) is 6.42 Å². The summed E-state index contributed by atoms with van der Waals surface area (Å²) in [6.45, 7) is 2.03. The molecule has 5 heteroatoms. The van der Waals surface area contributed by atoms with Crippen LogP contribution in [0.4, 0.5) is 17.6 Å². The van der Waals surface area contributed by atoms with Crippen molar-refractivity contribution in [3.63, 3.8) is 0 Å². The van der Waals surface area contributed by atoms with Crippen molar-refractivity contribution in [1.29, 1.82) is 0 Å². The summed E-state index contributed by atoms with van der Waals surface area (Å²) >= 11 is 0. The molecule has 0 saturated heterocycles. The molecule has 0 aliphatic heterocycles. The van der Waals surface area contributed by atoms with Crippen LogP contribution in [0.2, 0.25) is 0 Å². The highest BCUT2D eigenvalue weighted by Crippen LogP contribution is 2.36. The Morgan fingerprint density at radius 2 is 1.33 bits per heavy atom. The van der Waals surface area contributed by atoms with Crippen LogP contribution in [0, 0.1) is 0 Å². The van der Waals surface area contributed by atoms with Gasteiger partial charge in [-0.25, -0.2) is 0 Å². The van der Waals surface area contributed by atoms with E-state index in [2.05, 4.69) is 0 Å². The number of hydrogen-bond donors (Lipinski definition) is 1. The van der Waals surface area contributed by atoms with Crippen molar-refractivity contribution >= 4 is 0 Å². The third kappa shape index (κ3) is 5.97. The number of alkyl halides is 4. The van der Waals surface area contributed by atoms with Crippen LogP contribution in [0.5, 0.6) is 0 Å². The Bertz CT molecular complexity index is 165. The van der Waals surface area contributed by atoms with Crippen LogP contribution >= 0.6 is 0 Å². The lowest BCUT2D eigenvalue weighted by molar-refractivity contribution is -0.327. The summed E-state index contributed by atoms with van der Waals surface area (Å²) in [5, 5.41) is 7.90. The minimum Gasteiger partial charge on any atom is -0.332 e. The van der Waals surface area contributed by atoms with Gasteiger partial charge in [-0.3, -0.25) is 0 Å². The smallest absolute Gasteiger partial charge is 0.332 e. The highest BCUT2D eigenvalue weighted by atomic mass is 19.3. The standard InChI is InChI=1S/C10H18F4O/c1-2-3-4-5-6-7-8-9(11,12)10(13,14)15/h15H,2-8H2,1H3. The molecule has 0 aliphatic carbocycles. The van der Waals surface area contributed by atoms with Crippen molar-refractivity contribution in [2.24, 2.45) is 0 Å². The average molecular weight is 230 g/mol. The average Bonchev–Trinajstić information content (AvgIpc) is 2.09. The molecule has 1 N–H and O–H groups in total. The Balaban J connectivity index is 3.58. The molecule has 0 radical (unpaired) electrons. The number of halogens is 4. The molecule has 0 spiro atoms. The van der Waals surface area contributed by atoms with Crippen molar-refractivity contribution in [3.8, 4) is 0 Å². The summed E-state index contributed by atoms with van der Waals surface area (Å²) in [4.78, 5) is 0. The molecule has 0 bridgehead atoms. The monoisotopic (exact) mass is 230 g/mol. The Hall–Kier alpha value is -0.320. The van der Waals surface area contributed by atoms with E-state index < -0.39 is 18.5 Å². The Labute approximate surface area is 87.5 Å². The van der Waals surface area contributed by atoms with Gasteiger partial charge in [0.2, 0.25) is 0 Å². The molecule has 0 fully saturated rings. The first-order valence-corrected chi connectivity index (χ1v) is 5.29. The van der Waals surface area contributed by atoms with E-state index in [1.807, 2.05) is 6.92 Å². The molecule has 0 unspecified atom stereocenters. The van der Waals surface area contributed by atoms with Crippen LogP contribution in [0.25, 0.3) is 0 Å². The lowest BCUT2D eigenvalue weighted by Gasteiger charge is -2.20. The molecule has 0 aliphatic rings. The molecule has 0 aromatic rings. The topological polar surface area (TPSA) is 20.2 Å². The third-order valence-electron chi connectivity index (χ3n) is 2.28. The van der Waals surface area contributed by atoms with Gasteiger partial charge in [-0.05, 0) is 6.42 Å². The lowest BCUT2D eigenvalue weighted by Crippen LogP contribution is -2.39. The van der Waals surface area contributed by atoms with Crippen LogP contribution in [-0.4, -0.2) is 17.1 Å². The third-order valence-corrected chi connectivity index (χ3v) is 2.28. The van der Waals surface area contributed by atoms with Crippen LogP contribution in [0.1, 0.15) is 51.9 Å². The van der Waals surface area contributed by atoms with Gasteiger partial charge >= 0.3 is 12.0 Å². The Morgan fingerprint density at radius 3 is 1.80 bits per heavy atom. The molecule has 0 heterocycles. The van der Waals surface area contributed by atoms with E-state index >= 15 is 0 Å². The largest absolute Gasteiger partial charge is 0.416 e. The summed E-state index contributed by atoms with van der Waals surface area (Å²) in [6, 6.07) is 0. The van der Waals surface area contributed by atoms with Crippen molar-refractivity contribution in [2.75, 3.05) is 0 Å². The summed E-state index contributed by atoms with van der Waals surface area (Å²) in [7, 11) is 0. The van der Waals surface area contributed by atoms with Gasteiger partial charge in [-0.15, -0.1) is 0 Å². The fraction of sp³-hybridized carbons (Fsp3) is 1.00. The van der Waals surface area contributed by atoms with Crippen LogP contribution in [0.3, 0.4) is 0 Å². The maximum Gasteiger partial charge on any atom is 0.416 e. The fourth-order valence-electron chi connectivity index (χ4n) is 1.28. The molecule has 0 aromatic carbocycles. The van der Waals surface area contributed by atoms with E-state index in [0.717, 1.165) is 25.7 Å². The van der Waals surface area contributed by atoms with Crippen molar-refractivity contribution in [2.45, 2.75) is 63.9 Å². The van der Waals surface area contributed by atoms with Gasteiger partial charge in [0.05, 0.1) is 0 Å². The predicted octanol–water partition coefficient (Wildman–Crippen LogP) is 3.96. The van der Waals surface area contributed by atoms with Crippen molar-refractivity contribution in [1.82, 2.24) is 0 Å². The summed E-state index contributed by atoms with van der Waals surface area (Å²) < 4.78 is 48.9. The van der Waals surface area contributed by atoms with E-state index in [1.165, 1.54) is 0 Å². The molecule has 0 aromatic heterocycles. The van der Waals surface area contributed by atoms with E-state index in [4.69, 9.17) is 5.11 Å². The molecule has 15 heavy (non-hydrogen) atoms. The van der Waals surface area contributed by atoms with E-state index in [1.54, 1.807) is 0 Å². The summed E-state index contributed by atoms with van der Waals surface area (Å²) in [5.74, 6) is -4.29. The maximum absolute atomic E-state index is 12.5. The van der Waals surface area contributed by atoms with Crippen LogP contribution in [-0.2, 0) is 0 Å². The maximum atomic E-state index is 12.5. The van der Waals surface area contributed by atoms with Gasteiger partial charge in [0.25, 0.3) is 0 Å². The van der Waals surface area contributed by atoms with Gasteiger partial charge < -0.3 is 5.11 Å². The fourth-order valence-corrected chi connectivity index (χ4v) is 1.28. The second-order valence-corrected chi connectivity index (χ2v) is 3.76. The first-order chi connectivity index (χ1) is 6.81. The normalized spacial score (nSPS) is 13.2. The molecule has 0 saturated carbocycles. The van der Waals surface area contributed by atoms with Crippen molar-refractivity contribution in [3.05, 3.63) is 0 Å². The van der Waals surface area contributed by atoms with Crippen LogP contribution < -0.4 is 0 Å². The first-order valence-electron chi connectivity index (χ1n) is 5.29. The molecule has 0 atom stereocenters. The predicted molar refractivity (Wildman–Crippen MR) is 50.1 cm³/mol. The highest BCUT2D eigenvalue weighted by molar-refractivity contribution is 4.74. The van der Waals surface area contributed by atoms with Gasteiger partial charge in [0, 0.05) is 6.42 Å². The SMILES string of the molecule is CCCCCCCCC(F)(F)C(O)(F)F. The van der Waals surface area contributed by atoms with Gasteiger partial charge in [-0.1, -0.05) is 39.0 Å². The van der Waals surface area contributed by atoms with Gasteiger partial charge in [0.15, 0.2) is 0 Å². The number of hydrogen-bond acceptors (Lipinski definition) is 1. The molecule has 92 valence electrons.